The summed E-state index contributed by atoms with van der Waals surface area (Å²) in [5.74, 6) is 1.79. The van der Waals surface area contributed by atoms with Crippen molar-refractivity contribution >= 4 is 43.9 Å². The third-order valence-electron chi connectivity index (χ3n) is 9.37. The van der Waals surface area contributed by atoms with Gasteiger partial charge in [0.15, 0.2) is 17.5 Å². The van der Waals surface area contributed by atoms with Gasteiger partial charge in [0.2, 0.25) is 0 Å². The predicted octanol–water partition coefficient (Wildman–Crippen LogP) is 12.0. The van der Waals surface area contributed by atoms with Crippen molar-refractivity contribution < 1.29 is 8.83 Å². The van der Waals surface area contributed by atoms with E-state index in [1.165, 1.54) is 0 Å². The van der Waals surface area contributed by atoms with E-state index in [9.17, 15) is 0 Å². The topological polar surface area (TPSA) is 65.0 Å². The Morgan fingerprint density at radius 2 is 0.840 bits per heavy atom. The minimum Gasteiger partial charge on any atom is -0.456 e. The molecule has 0 fully saturated rings. The lowest BCUT2D eigenvalue weighted by atomic mass is 9.93. The summed E-state index contributed by atoms with van der Waals surface area (Å²) in [6.07, 6.45) is 0. The summed E-state index contributed by atoms with van der Waals surface area (Å²) >= 11 is 0. The highest BCUT2D eigenvalue weighted by Gasteiger charge is 2.20. The summed E-state index contributed by atoms with van der Waals surface area (Å²) in [7, 11) is 0. The molecule has 0 unspecified atom stereocenters. The number of benzene rings is 7. The average Bonchev–Trinajstić information content (AvgIpc) is 3.76. The monoisotopic (exact) mass is 641 g/mol. The van der Waals surface area contributed by atoms with Crippen LogP contribution in [0.15, 0.2) is 173 Å². The van der Waals surface area contributed by atoms with Crippen molar-refractivity contribution in [3.05, 3.63) is 164 Å². The zero-order valence-electron chi connectivity index (χ0n) is 26.7. The molecule has 3 aromatic heterocycles. The molecule has 0 N–H and O–H groups in total. The van der Waals surface area contributed by atoms with Gasteiger partial charge in [-0.25, -0.2) is 15.0 Å². The normalized spacial score (nSPS) is 11.6. The summed E-state index contributed by atoms with van der Waals surface area (Å²) in [5, 5.41) is 4.35. The maximum Gasteiger partial charge on any atom is 0.164 e. The Morgan fingerprint density at radius 3 is 1.56 bits per heavy atom. The summed E-state index contributed by atoms with van der Waals surface area (Å²) in [4.78, 5) is 15.3. The lowest BCUT2D eigenvalue weighted by Gasteiger charge is -2.14. The molecule has 5 nitrogen and oxygen atoms in total. The van der Waals surface area contributed by atoms with Gasteiger partial charge in [-0.2, -0.15) is 0 Å². The van der Waals surface area contributed by atoms with Gasteiger partial charge in [0.1, 0.15) is 22.3 Å². The molecule has 0 saturated heterocycles. The summed E-state index contributed by atoms with van der Waals surface area (Å²) in [6, 6.07) is 55.7. The molecule has 234 valence electrons. The number of fused-ring (bicyclic) bond motifs is 6. The Balaban J connectivity index is 1.24. The van der Waals surface area contributed by atoms with Crippen LogP contribution in [0.3, 0.4) is 0 Å². The molecule has 0 amide bonds. The second-order valence-corrected chi connectivity index (χ2v) is 12.4. The Morgan fingerprint density at radius 1 is 0.300 bits per heavy atom. The lowest BCUT2D eigenvalue weighted by molar-refractivity contribution is 0.669. The fourth-order valence-corrected chi connectivity index (χ4v) is 6.94. The van der Waals surface area contributed by atoms with Crippen LogP contribution < -0.4 is 0 Å². The van der Waals surface area contributed by atoms with Gasteiger partial charge in [0.25, 0.3) is 0 Å². The van der Waals surface area contributed by atoms with E-state index in [0.717, 1.165) is 82.8 Å². The Hall–Kier alpha value is -6.85. The minimum absolute atomic E-state index is 0.576. The van der Waals surface area contributed by atoms with Crippen LogP contribution in [0.25, 0.3) is 100 Å². The van der Waals surface area contributed by atoms with Crippen LogP contribution >= 0.6 is 0 Å². The van der Waals surface area contributed by atoms with Gasteiger partial charge in [0.05, 0.1) is 0 Å². The molecule has 0 saturated carbocycles. The standard InChI is InChI=1S/C45H27N3O2/c1-3-12-28(13-4-1)43-46-44(29-14-5-2-6-15-29)48-45(47-43)38-26-30(31-23-25-35-33-16-7-9-20-39(33)49-41(35)27-31)22-24-32(38)36-18-11-19-37-34-17-8-10-21-40(34)50-42(36)37/h1-27H. The zero-order valence-corrected chi connectivity index (χ0v) is 26.7. The first kappa shape index (κ1) is 28.2. The number of para-hydroxylation sites is 3. The van der Waals surface area contributed by atoms with Crippen LogP contribution in [-0.2, 0) is 0 Å². The number of furan rings is 2. The molecule has 0 atom stereocenters. The van der Waals surface area contributed by atoms with E-state index in [1.807, 2.05) is 97.1 Å². The number of hydrogen-bond acceptors (Lipinski definition) is 5. The van der Waals surface area contributed by atoms with Gasteiger partial charge < -0.3 is 8.83 Å². The van der Waals surface area contributed by atoms with E-state index >= 15 is 0 Å². The van der Waals surface area contributed by atoms with Gasteiger partial charge in [-0.05, 0) is 47.0 Å². The maximum atomic E-state index is 6.54. The Bertz CT molecular complexity index is 2810. The van der Waals surface area contributed by atoms with E-state index in [-0.39, 0.29) is 0 Å². The molecule has 3 heterocycles. The third kappa shape index (κ3) is 4.67. The highest BCUT2D eigenvalue weighted by molar-refractivity contribution is 6.11. The number of hydrogen-bond donors (Lipinski definition) is 0. The van der Waals surface area contributed by atoms with Crippen molar-refractivity contribution in [3.63, 3.8) is 0 Å². The van der Waals surface area contributed by atoms with Gasteiger partial charge >= 0.3 is 0 Å². The van der Waals surface area contributed by atoms with E-state index in [1.54, 1.807) is 0 Å². The molecule has 0 aliphatic rings. The van der Waals surface area contributed by atoms with Crippen LogP contribution in [-0.4, -0.2) is 15.0 Å². The van der Waals surface area contributed by atoms with Gasteiger partial charge in [-0.15, -0.1) is 0 Å². The largest absolute Gasteiger partial charge is 0.456 e. The molecular formula is C45H27N3O2. The molecule has 0 aliphatic heterocycles. The van der Waals surface area contributed by atoms with Gasteiger partial charge in [0, 0.05) is 43.8 Å². The molecule has 5 heteroatoms. The highest BCUT2D eigenvalue weighted by Crippen LogP contribution is 2.42. The van der Waals surface area contributed by atoms with Crippen molar-refractivity contribution in [2.24, 2.45) is 0 Å². The van der Waals surface area contributed by atoms with Crippen LogP contribution in [0.2, 0.25) is 0 Å². The smallest absolute Gasteiger partial charge is 0.164 e. The third-order valence-corrected chi connectivity index (χ3v) is 9.37. The first-order chi connectivity index (χ1) is 24.8. The zero-order chi connectivity index (χ0) is 33.0. The second kappa shape index (κ2) is 11.4. The van der Waals surface area contributed by atoms with Crippen molar-refractivity contribution in [1.29, 1.82) is 0 Å². The first-order valence-electron chi connectivity index (χ1n) is 16.6. The predicted molar refractivity (Wildman–Crippen MR) is 202 cm³/mol. The minimum atomic E-state index is 0.576. The molecule has 0 spiro atoms. The highest BCUT2D eigenvalue weighted by atomic mass is 16.3. The van der Waals surface area contributed by atoms with E-state index < -0.39 is 0 Å². The average molecular weight is 642 g/mol. The van der Waals surface area contributed by atoms with Crippen LogP contribution in [0.5, 0.6) is 0 Å². The molecular weight excluding hydrogens is 615 g/mol. The summed E-state index contributed by atoms with van der Waals surface area (Å²) < 4.78 is 12.8. The fourth-order valence-electron chi connectivity index (χ4n) is 6.94. The lowest BCUT2D eigenvalue weighted by Crippen LogP contribution is -2.01. The molecule has 10 rings (SSSR count). The van der Waals surface area contributed by atoms with E-state index in [2.05, 4.69) is 66.7 Å². The number of rotatable bonds is 5. The maximum absolute atomic E-state index is 6.54. The van der Waals surface area contributed by atoms with Crippen molar-refractivity contribution in [3.8, 4) is 56.4 Å². The van der Waals surface area contributed by atoms with Crippen LogP contribution in [0.4, 0.5) is 0 Å². The van der Waals surface area contributed by atoms with Crippen molar-refractivity contribution in [2.75, 3.05) is 0 Å². The van der Waals surface area contributed by atoms with Crippen LogP contribution in [0.1, 0.15) is 0 Å². The molecule has 50 heavy (non-hydrogen) atoms. The summed E-state index contributed by atoms with van der Waals surface area (Å²) in [5.41, 5.74) is 10.1. The van der Waals surface area contributed by atoms with Crippen LogP contribution in [0, 0.1) is 0 Å². The molecule has 7 aromatic carbocycles. The Kier molecular flexibility index (Phi) is 6.42. The SMILES string of the molecule is c1ccc(-c2nc(-c3ccccc3)nc(-c3cc(-c4ccc5c(c4)oc4ccccc45)ccc3-c3cccc4c3oc3ccccc34)n2)cc1. The van der Waals surface area contributed by atoms with Gasteiger partial charge in [-0.3, -0.25) is 0 Å². The first-order valence-corrected chi connectivity index (χ1v) is 16.6. The summed E-state index contributed by atoms with van der Waals surface area (Å²) in [6.45, 7) is 0. The quantitative estimate of drug-likeness (QED) is 0.187. The number of aromatic nitrogens is 3. The van der Waals surface area contributed by atoms with E-state index in [4.69, 9.17) is 23.8 Å². The molecule has 0 bridgehead atoms. The fraction of sp³-hybridized carbons (Fsp3) is 0. The van der Waals surface area contributed by atoms with Crippen molar-refractivity contribution in [2.45, 2.75) is 0 Å². The van der Waals surface area contributed by atoms with E-state index in [0.29, 0.717) is 17.5 Å². The Labute approximate surface area is 287 Å². The van der Waals surface area contributed by atoms with Crippen molar-refractivity contribution in [1.82, 2.24) is 15.0 Å². The van der Waals surface area contributed by atoms with Gasteiger partial charge in [-0.1, -0.05) is 133 Å². The molecule has 0 radical (unpaired) electrons. The molecule has 10 aromatic rings. The number of nitrogens with zero attached hydrogens (tertiary/aromatic N) is 3. The second-order valence-electron chi connectivity index (χ2n) is 12.4. The molecule has 0 aliphatic carbocycles.